The topological polar surface area (TPSA) is 34.0 Å². The van der Waals surface area contributed by atoms with Crippen molar-refractivity contribution in [2.24, 2.45) is 0 Å². The zero-order chi connectivity index (χ0) is 12.3. The van der Waals surface area contributed by atoms with Crippen molar-refractivity contribution < 1.29 is 0 Å². The van der Waals surface area contributed by atoms with E-state index in [1.165, 1.54) is 0 Å². The van der Waals surface area contributed by atoms with Crippen LogP contribution in [-0.4, -0.2) is 28.2 Å². The minimum absolute atomic E-state index is 0.916. The first-order chi connectivity index (χ1) is 8.27. The smallest absolute Gasteiger partial charge is 0.115 e. The lowest BCUT2D eigenvalue weighted by atomic mass is 10.1. The molecule has 0 amide bonds. The van der Waals surface area contributed by atoms with E-state index in [0.717, 1.165) is 30.0 Å². The Labute approximate surface area is 102 Å². The summed E-state index contributed by atoms with van der Waals surface area (Å²) in [7, 11) is 0. The van der Waals surface area contributed by atoms with E-state index in [9.17, 15) is 0 Å². The van der Waals surface area contributed by atoms with Crippen molar-refractivity contribution in [3.8, 4) is 11.3 Å². The summed E-state index contributed by atoms with van der Waals surface area (Å²) in [6.45, 7) is 8.07. The predicted molar refractivity (Wildman–Crippen MR) is 69.5 cm³/mol. The van der Waals surface area contributed by atoms with Crippen LogP contribution in [0.4, 0.5) is 0 Å². The van der Waals surface area contributed by atoms with Crippen LogP contribution in [0.3, 0.4) is 0 Å². The third-order valence-electron chi connectivity index (χ3n) is 2.87. The molecule has 0 saturated carbocycles. The van der Waals surface area contributed by atoms with Crippen LogP contribution >= 0.6 is 0 Å². The molecule has 4 heteroatoms. The molecule has 0 radical (unpaired) electrons. The van der Waals surface area contributed by atoms with Crippen molar-refractivity contribution >= 4 is 0 Å². The van der Waals surface area contributed by atoms with Crippen LogP contribution in [0.25, 0.3) is 11.3 Å². The molecule has 2 rings (SSSR count). The zero-order valence-corrected chi connectivity index (χ0v) is 10.6. The average molecular weight is 230 g/mol. The van der Waals surface area contributed by atoms with Gasteiger partial charge in [-0.2, -0.15) is 4.79 Å². The summed E-state index contributed by atoms with van der Waals surface area (Å²) in [4.78, 5) is 1.91. The van der Waals surface area contributed by atoms with Gasteiger partial charge in [0.2, 0.25) is 0 Å². The highest BCUT2D eigenvalue weighted by Gasteiger charge is 2.14. The number of nitrogens with zero attached hydrogens (tertiary/aromatic N) is 4. The van der Waals surface area contributed by atoms with Crippen LogP contribution in [0.15, 0.2) is 30.3 Å². The van der Waals surface area contributed by atoms with Gasteiger partial charge < -0.3 is 0 Å². The second-order valence-electron chi connectivity index (χ2n) is 3.92. The maximum Gasteiger partial charge on any atom is 0.115 e. The van der Waals surface area contributed by atoms with E-state index in [-0.39, 0.29) is 0 Å². The molecule has 0 aliphatic carbocycles. The molecule has 0 atom stereocenters. The molecular formula is C13H18N4. The lowest BCUT2D eigenvalue weighted by Gasteiger charge is -2.22. The van der Waals surface area contributed by atoms with Crippen molar-refractivity contribution in [3.63, 3.8) is 0 Å². The van der Waals surface area contributed by atoms with Gasteiger partial charge in [0.15, 0.2) is 0 Å². The molecule has 17 heavy (non-hydrogen) atoms. The van der Waals surface area contributed by atoms with Crippen molar-refractivity contribution in [2.45, 2.75) is 20.8 Å². The van der Waals surface area contributed by atoms with E-state index in [4.69, 9.17) is 0 Å². The molecule has 0 bridgehead atoms. The number of hydrogen-bond donors (Lipinski definition) is 0. The van der Waals surface area contributed by atoms with Gasteiger partial charge in [0.1, 0.15) is 5.69 Å². The van der Waals surface area contributed by atoms with Crippen LogP contribution in [0.1, 0.15) is 19.5 Å². The molecular weight excluding hydrogens is 212 g/mol. The van der Waals surface area contributed by atoms with E-state index >= 15 is 0 Å². The molecule has 0 unspecified atom stereocenters. The Kier molecular flexibility index (Phi) is 3.42. The summed E-state index contributed by atoms with van der Waals surface area (Å²) >= 11 is 0. The van der Waals surface area contributed by atoms with Crippen LogP contribution in [0, 0.1) is 6.92 Å². The Morgan fingerprint density at radius 1 is 1.12 bits per heavy atom. The lowest BCUT2D eigenvalue weighted by molar-refractivity contribution is 0.543. The number of aryl methyl sites for hydroxylation is 1. The first-order valence-corrected chi connectivity index (χ1v) is 6.00. The van der Waals surface area contributed by atoms with E-state index < -0.39 is 0 Å². The maximum atomic E-state index is 4.23. The Morgan fingerprint density at radius 3 is 2.35 bits per heavy atom. The van der Waals surface area contributed by atoms with Gasteiger partial charge in [-0.05, 0) is 26.0 Å². The summed E-state index contributed by atoms with van der Waals surface area (Å²) in [5.41, 5.74) is 3.19. The fraction of sp³-hybridized carbons (Fsp3) is 0.385. The van der Waals surface area contributed by atoms with Gasteiger partial charge in [-0.1, -0.05) is 30.3 Å². The first kappa shape index (κ1) is 11.6. The molecule has 0 spiro atoms. The van der Waals surface area contributed by atoms with E-state index in [0.29, 0.717) is 0 Å². The molecule has 4 nitrogen and oxygen atoms in total. The molecule has 0 aliphatic rings. The number of rotatable bonds is 4. The van der Waals surface area contributed by atoms with Gasteiger partial charge in [0, 0.05) is 18.7 Å². The summed E-state index contributed by atoms with van der Waals surface area (Å²) in [6, 6.07) is 10.3. The van der Waals surface area contributed by atoms with Gasteiger partial charge in [-0.15, -0.1) is 5.10 Å². The number of aromatic nitrogens is 3. The fourth-order valence-electron chi connectivity index (χ4n) is 1.96. The average Bonchev–Trinajstić information content (AvgIpc) is 2.74. The molecule has 0 aliphatic heterocycles. The Morgan fingerprint density at radius 2 is 1.76 bits per heavy atom. The van der Waals surface area contributed by atoms with Gasteiger partial charge in [0.05, 0.1) is 5.69 Å². The van der Waals surface area contributed by atoms with Crippen molar-refractivity contribution in [1.82, 2.24) is 15.1 Å². The Hall–Kier alpha value is -1.84. The predicted octanol–water partition coefficient (Wildman–Crippen LogP) is 2.23. The number of benzene rings is 1. The van der Waals surface area contributed by atoms with Crippen LogP contribution < -0.4 is 5.01 Å². The minimum Gasteiger partial charge on any atom is -0.296 e. The summed E-state index contributed by atoms with van der Waals surface area (Å²) in [5, 5.41) is 10.6. The van der Waals surface area contributed by atoms with E-state index in [1.807, 2.05) is 29.9 Å². The van der Waals surface area contributed by atoms with Gasteiger partial charge in [-0.25, -0.2) is 0 Å². The van der Waals surface area contributed by atoms with Crippen molar-refractivity contribution in [3.05, 3.63) is 36.0 Å². The summed E-state index contributed by atoms with van der Waals surface area (Å²) in [5.74, 6) is 0. The fourth-order valence-corrected chi connectivity index (χ4v) is 1.96. The largest absolute Gasteiger partial charge is 0.296 e. The monoisotopic (exact) mass is 230 g/mol. The van der Waals surface area contributed by atoms with Crippen molar-refractivity contribution in [1.29, 1.82) is 0 Å². The Bertz CT molecular complexity index is 471. The maximum absolute atomic E-state index is 4.23. The molecule has 0 N–H and O–H groups in total. The first-order valence-electron chi connectivity index (χ1n) is 6.00. The van der Waals surface area contributed by atoms with Crippen LogP contribution in [0.2, 0.25) is 0 Å². The van der Waals surface area contributed by atoms with Gasteiger partial charge >= 0.3 is 0 Å². The normalized spacial score (nSPS) is 10.5. The quantitative estimate of drug-likeness (QED) is 0.807. The molecule has 1 aromatic heterocycles. The van der Waals surface area contributed by atoms with Gasteiger partial charge in [-0.3, -0.25) is 5.01 Å². The number of hydrogen-bond acceptors (Lipinski definition) is 3. The van der Waals surface area contributed by atoms with Crippen LogP contribution in [0.5, 0.6) is 0 Å². The Balaban J connectivity index is 2.50. The van der Waals surface area contributed by atoms with E-state index in [2.05, 4.69) is 41.3 Å². The second-order valence-corrected chi connectivity index (χ2v) is 3.92. The highest BCUT2D eigenvalue weighted by atomic mass is 15.7. The third kappa shape index (κ3) is 2.16. The third-order valence-corrected chi connectivity index (χ3v) is 2.87. The SMILES string of the molecule is CCN(CC)n1nnc(C)c1-c1ccccc1. The molecule has 1 aromatic carbocycles. The van der Waals surface area contributed by atoms with Crippen molar-refractivity contribution in [2.75, 3.05) is 18.1 Å². The summed E-state index contributed by atoms with van der Waals surface area (Å²) in [6.07, 6.45) is 0. The second kappa shape index (κ2) is 4.99. The summed E-state index contributed by atoms with van der Waals surface area (Å²) < 4.78 is 0. The molecule has 2 aromatic rings. The molecule has 0 fully saturated rings. The highest BCUT2D eigenvalue weighted by Crippen LogP contribution is 2.21. The zero-order valence-electron chi connectivity index (χ0n) is 10.6. The lowest BCUT2D eigenvalue weighted by Crippen LogP contribution is -2.35. The van der Waals surface area contributed by atoms with Gasteiger partial charge in [0.25, 0.3) is 0 Å². The van der Waals surface area contributed by atoms with E-state index in [1.54, 1.807) is 0 Å². The molecule has 1 heterocycles. The minimum atomic E-state index is 0.916. The standard InChI is InChI=1S/C13H18N4/c1-4-16(5-2)17-13(11(3)14-15-17)12-9-7-6-8-10-12/h6-10H,4-5H2,1-3H3. The highest BCUT2D eigenvalue weighted by molar-refractivity contribution is 5.61. The molecule has 90 valence electrons. The molecule has 0 saturated heterocycles. The van der Waals surface area contributed by atoms with Crippen LogP contribution in [-0.2, 0) is 0 Å².